The van der Waals surface area contributed by atoms with E-state index in [-0.39, 0.29) is 5.84 Å². The second-order valence-corrected chi connectivity index (χ2v) is 3.85. The highest BCUT2D eigenvalue weighted by molar-refractivity contribution is 5.76. The third kappa shape index (κ3) is 5.18. The summed E-state index contributed by atoms with van der Waals surface area (Å²) in [6.45, 7) is 1.94. The van der Waals surface area contributed by atoms with Gasteiger partial charge >= 0.3 is 0 Å². The van der Waals surface area contributed by atoms with Crippen molar-refractivity contribution in [2.75, 3.05) is 13.6 Å². The van der Waals surface area contributed by atoms with Gasteiger partial charge in [0.05, 0.1) is 5.84 Å². The molecule has 0 atom stereocenters. The Balaban J connectivity index is 2.24. The number of nitrogens with zero attached hydrogens (tertiary/aromatic N) is 1. The summed E-state index contributed by atoms with van der Waals surface area (Å²) in [6, 6.07) is 10.4. The van der Waals surface area contributed by atoms with Gasteiger partial charge in [0, 0.05) is 13.0 Å². The molecular weight excluding hydrogens is 186 g/mol. The van der Waals surface area contributed by atoms with Crippen LogP contribution in [-0.2, 0) is 6.54 Å². The fourth-order valence-corrected chi connectivity index (χ4v) is 1.51. The molecule has 82 valence electrons. The van der Waals surface area contributed by atoms with Crippen LogP contribution in [0, 0.1) is 5.41 Å². The highest BCUT2D eigenvalue weighted by Crippen LogP contribution is 2.03. The second kappa shape index (κ2) is 6.19. The lowest BCUT2D eigenvalue weighted by Crippen LogP contribution is -2.20. The first kappa shape index (κ1) is 11.7. The van der Waals surface area contributed by atoms with Crippen LogP contribution in [0.3, 0.4) is 0 Å². The van der Waals surface area contributed by atoms with Crippen molar-refractivity contribution < 1.29 is 0 Å². The Bertz CT molecular complexity index is 295. The van der Waals surface area contributed by atoms with E-state index in [0.29, 0.717) is 6.42 Å². The molecule has 0 amide bonds. The van der Waals surface area contributed by atoms with E-state index >= 15 is 0 Å². The highest BCUT2D eigenvalue weighted by atomic mass is 15.1. The van der Waals surface area contributed by atoms with Crippen LogP contribution < -0.4 is 5.73 Å². The number of rotatable bonds is 6. The average Bonchev–Trinajstić information content (AvgIpc) is 2.18. The minimum Gasteiger partial charge on any atom is -0.388 e. The summed E-state index contributed by atoms with van der Waals surface area (Å²) >= 11 is 0. The molecule has 0 spiro atoms. The Kier molecular flexibility index (Phi) is 4.84. The summed E-state index contributed by atoms with van der Waals surface area (Å²) in [6.07, 6.45) is 1.65. The Hall–Kier alpha value is -1.35. The third-order valence-corrected chi connectivity index (χ3v) is 2.28. The van der Waals surface area contributed by atoms with Crippen LogP contribution >= 0.6 is 0 Å². The number of nitrogens with one attached hydrogen (secondary N) is 1. The van der Waals surface area contributed by atoms with Gasteiger partial charge in [0.2, 0.25) is 0 Å². The second-order valence-electron chi connectivity index (χ2n) is 3.85. The molecule has 0 radical (unpaired) electrons. The SMILES string of the molecule is CN(CCCC(=N)N)Cc1ccccc1. The summed E-state index contributed by atoms with van der Waals surface area (Å²) in [4.78, 5) is 2.25. The summed E-state index contributed by atoms with van der Waals surface area (Å²) in [5, 5.41) is 7.12. The van der Waals surface area contributed by atoms with E-state index in [1.54, 1.807) is 0 Å². The Morgan fingerprint density at radius 3 is 2.60 bits per heavy atom. The van der Waals surface area contributed by atoms with Crippen LogP contribution in [0.4, 0.5) is 0 Å². The zero-order chi connectivity index (χ0) is 11.1. The van der Waals surface area contributed by atoms with Gasteiger partial charge in [-0.15, -0.1) is 0 Å². The first-order chi connectivity index (χ1) is 7.18. The van der Waals surface area contributed by atoms with Crippen molar-refractivity contribution in [3.05, 3.63) is 35.9 Å². The van der Waals surface area contributed by atoms with E-state index < -0.39 is 0 Å². The van der Waals surface area contributed by atoms with Gasteiger partial charge < -0.3 is 10.6 Å². The Labute approximate surface area is 91.4 Å². The van der Waals surface area contributed by atoms with Crippen molar-refractivity contribution in [1.82, 2.24) is 4.90 Å². The minimum atomic E-state index is 0.281. The molecule has 3 heteroatoms. The van der Waals surface area contributed by atoms with E-state index in [4.69, 9.17) is 11.1 Å². The monoisotopic (exact) mass is 205 g/mol. The van der Waals surface area contributed by atoms with E-state index in [9.17, 15) is 0 Å². The summed E-state index contributed by atoms with van der Waals surface area (Å²) in [7, 11) is 2.09. The number of amidine groups is 1. The zero-order valence-corrected chi connectivity index (χ0v) is 9.24. The van der Waals surface area contributed by atoms with Crippen LogP contribution in [0.1, 0.15) is 18.4 Å². The first-order valence-electron chi connectivity index (χ1n) is 5.24. The van der Waals surface area contributed by atoms with Crippen LogP contribution in [0.2, 0.25) is 0 Å². The molecule has 0 fully saturated rings. The van der Waals surface area contributed by atoms with Crippen molar-refractivity contribution in [3.8, 4) is 0 Å². The number of benzene rings is 1. The van der Waals surface area contributed by atoms with E-state index in [1.807, 2.05) is 6.07 Å². The van der Waals surface area contributed by atoms with Crippen LogP contribution in [0.25, 0.3) is 0 Å². The maximum Gasteiger partial charge on any atom is 0.0905 e. The molecule has 1 rings (SSSR count). The van der Waals surface area contributed by atoms with Gasteiger partial charge in [-0.1, -0.05) is 30.3 Å². The number of hydrogen-bond donors (Lipinski definition) is 2. The minimum absolute atomic E-state index is 0.281. The van der Waals surface area contributed by atoms with E-state index in [0.717, 1.165) is 19.5 Å². The quantitative estimate of drug-likeness (QED) is 0.550. The topological polar surface area (TPSA) is 53.1 Å². The van der Waals surface area contributed by atoms with Gasteiger partial charge in [-0.2, -0.15) is 0 Å². The summed E-state index contributed by atoms with van der Waals surface area (Å²) < 4.78 is 0. The predicted octanol–water partition coefficient (Wildman–Crippen LogP) is 1.83. The lowest BCUT2D eigenvalue weighted by Gasteiger charge is -2.16. The largest absolute Gasteiger partial charge is 0.388 e. The van der Waals surface area contributed by atoms with Crippen molar-refractivity contribution in [3.63, 3.8) is 0 Å². The normalized spacial score (nSPS) is 10.5. The molecule has 3 nitrogen and oxygen atoms in total. The van der Waals surface area contributed by atoms with Gasteiger partial charge in [-0.3, -0.25) is 5.41 Å². The van der Waals surface area contributed by atoms with Gasteiger partial charge in [0.25, 0.3) is 0 Å². The third-order valence-electron chi connectivity index (χ3n) is 2.28. The zero-order valence-electron chi connectivity index (χ0n) is 9.24. The van der Waals surface area contributed by atoms with Gasteiger partial charge in [-0.25, -0.2) is 0 Å². The predicted molar refractivity (Wildman–Crippen MR) is 63.9 cm³/mol. The van der Waals surface area contributed by atoms with Crippen LogP contribution in [0.5, 0.6) is 0 Å². The molecule has 0 aliphatic carbocycles. The molecule has 1 aromatic carbocycles. The molecule has 0 aliphatic rings. The molecule has 3 N–H and O–H groups in total. The Morgan fingerprint density at radius 2 is 2.00 bits per heavy atom. The maximum absolute atomic E-state index is 7.12. The maximum atomic E-state index is 7.12. The summed E-state index contributed by atoms with van der Waals surface area (Å²) in [5.41, 5.74) is 6.62. The molecule has 1 aromatic rings. The highest BCUT2D eigenvalue weighted by Gasteiger charge is 1.99. The number of hydrogen-bond acceptors (Lipinski definition) is 2. The number of nitrogens with two attached hydrogens (primary N) is 1. The lowest BCUT2D eigenvalue weighted by atomic mass is 10.2. The van der Waals surface area contributed by atoms with E-state index in [1.165, 1.54) is 5.56 Å². The molecule has 0 unspecified atom stereocenters. The van der Waals surface area contributed by atoms with Crippen molar-refractivity contribution in [2.45, 2.75) is 19.4 Å². The van der Waals surface area contributed by atoms with E-state index in [2.05, 4.69) is 36.2 Å². The molecule has 0 bridgehead atoms. The molecule has 0 saturated heterocycles. The lowest BCUT2D eigenvalue weighted by molar-refractivity contribution is 0.324. The fraction of sp³-hybridized carbons (Fsp3) is 0.417. The molecule has 0 saturated carbocycles. The molecule has 15 heavy (non-hydrogen) atoms. The Morgan fingerprint density at radius 1 is 1.33 bits per heavy atom. The van der Waals surface area contributed by atoms with Crippen molar-refractivity contribution in [2.24, 2.45) is 5.73 Å². The molecule has 0 aromatic heterocycles. The smallest absolute Gasteiger partial charge is 0.0905 e. The average molecular weight is 205 g/mol. The van der Waals surface area contributed by atoms with Gasteiger partial charge in [0.1, 0.15) is 0 Å². The molecular formula is C12H19N3. The van der Waals surface area contributed by atoms with Gasteiger partial charge in [-0.05, 0) is 25.6 Å². The molecule has 0 heterocycles. The van der Waals surface area contributed by atoms with Crippen LogP contribution in [0.15, 0.2) is 30.3 Å². The van der Waals surface area contributed by atoms with Gasteiger partial charge in [0.15, 0.2) is 0 Å². The standard InChI is InChI=1S/C12H19N3/c1-15(9-5-8-12(13)14)10-11-6-3-2-4-7-11/h2-4,6-7H,5,8-10H2,1H3,(H3,13,14). The first-order valence-corrected chi connectivity index (χ1v) is 5.24. The fourth-order valence-electron chi connectivity index (χ4n) is 1.51. The van der Waals surface area contributed by atoms with Crippen molar-refractivity contribution in [1.29, 1.82) is 5.41 Å². The van der Waals surface area contributed by atoms with Crippen molar-refractivity contribution >= 4 is 5.84 Å². The summed E-state index contributed by atoms with van der Waals surface area (Å²) in [5.74, 6) is 0.281. The molecule has 0 aliphatic heterocycles. The van der Waals surface area contributed by atoms with Crippen LogP contribution in [-0.4, -0.2) is 24.3 Å².